The summed E-state index contributed by atoms with van der Waals surface area (Å²) in [4.78, 5) is 13.6. The molecule has 1 fully saturated rings. The summed E-state index contributed by atoms with van der Waals surface area (Å²) in [6, 6.07) is 8.36. The summed E-state index contributed by atoms with van der Waals surface area (Å²) >= 11 is 0. The molecule has 1 unspecified atom stereocenters. The van der Waals surface area contributed by atoms with E-state index in [1.165, 1.54) is 11.1 Å². The molecular weight excluding hydrogens is 262 g/mol. The summed E-state index contributed by atoms with van der Waals surface area (Å²) in [7, 11) is 0. The van der Waals surface area contributed by atoms with Gasteiger partial charge in [-0.3, -0.25) is 9.69 Å². The highest BCUT2D eigenvalue weighted by Gasteiger charge is 2.26. The minimum absolute atomic E-state index is 0.317. The van der Waals surface area contributed by atoms with Gasteiger partial charge in [0.25, 0.3) is 0 Å². The van der Waals surface area contributed by atoms with Crippen LogP contribution in [0.4, 0.5) is 0 Å². The second kappa shape index (κ2) is 7.60. The van der Waals surface area contributed by atoms with Crippen LogP contribution in [0.5, 0.6) is 0 Å². The third-order valence-corrected chi connectivity index (χ3v) is 4.20. The molecule has 0 aromatic heterocycles. The molecule has 0 amide bonds. The van der Waals surface area contributed by atoms with Crippen LogP contribution in [0, 0.1) is 5.92 Å². The first kappa shape index (κ1) is 16.0. The lowest BCUT2D eigenvalue weighted by Gasteiger charge is -2.26. The molecule has 1 aliphatic rings. The van der Waals surface area contributed by atoms with Gasteiger partial charge in [-0.2, -0.15) is 0 Å². The Morgan fingerprint density at radius 1 is 1.19 bits per heavy atom. The van der Waals surface area contributed by atoms with Crippen LogP contribution in [-0.4, -0.2) is 28.6 Å². The first-order valence-corrected chi connectivity index (χ1v) is 8.11. The van der Waals surface area contributed by atoms with Gasteiger partial charge in [0.1, 0.15) is 6.04 Å². The lowest BCUT2D eigenvalue weighted by molar-refractivity contribution is -0.143. The minimum Gasteiger partial charge on any atom is -0.480 e. The molecule has 0 aliphatic carbocycles. The highest BCUT2D eigenvalue weighted by atomic mass is 16.4. The zero-order valence-corrected chi connectivity index (χ0v) is 13.2. The SMILES string of the molecule is CC(C)Cc1ccc(CN2CCCCCC2C(=O)O)cc1. The number of benzene rings is 1. The van der Waals surface area contributed by atoms with Crippen molar-refractivity contribution in [3.8, 4) is 0 Å². The van der Waals surface area contributed by atoms with Gasteiger partial charge in [-0.1, -0.05) is 51.0 Å². The Morgan fingerprint density at radius 3 is 2.48 bits per heavy atom. The van der Waals surface area contributed by atoms with Crippen molar-refractivity contribution in [3.63, 3.8) is 0 Å². The van der Waals surface area contributed by atoms with E-state index < -0.39 is 5.97 Å². The summed E-state index contributed by atoms with van der Waals surface area (Å²) in [6.45, 7) is 6.09. The number of rotatable bonds is 5. The molecule has 0 saturated carbocycles. The van der Waals surface area contributed by atoms with Crippen molar-refractivity contribution in [1.29, 1.82) is 0 Å². The van der Waals surface area contributed by atoms with Gasteiger partial charge >= 0.3 is 5.97 Å². The summed E-state index contributed by atoms with van der Waals surface area (Å²) in [5.41, 5.74) is 2.58. The van der Waals surface area contributed by atoms with E-state index in [4.69, 9.17) is 0 Å². The molecule has 1 aliphatic heterocycles. The van der Waals surface area contributed by atoms with E-state index in [1.54, 1.807) is 0 Å². The molecule has 0 spiro atoms. The predicted octanol–water partition coefficient (Wildman–Crippen LogP) is 3.71. The number of carbonyl (C=O) groups is 1. The third-order valence-electron chi connectivity index (χ3n) is 4.20. The van der Waals surface area contributed by atoms with Gasteiger partial charge in [0, 0.05) is 6.54 Å². The Labute approximate surface area is 128 Å². The molecule has 1 saturated heterocycles. The zero-order valence-electron chi connectivity index (χ0n) is 13.2. The summed E-state index contributed by atoms with van der Waals surface area (Å²) in [5.74, 6) is -0.00817. The van der Waals surface area contributed by atoms with E-state index >= 15 is 0 Å². The Bertz CT molecular complexity index is 453. The molecule has 0 radical (unpaired) electrons. The van der Waals surface area contributed by atoms with Crippen LogP contribution < -0.4 is 0 Å². The maximum atomic E-state index is 11.4. The van der Waals surface area contributed by atoms with E-state index in [1.807, 2.05) is 0 Å². The molecule has 1 heterocycles. The van der Waals surface area contributed by atoms with Gasteiger partial charge in [0.2, 0.25) is 0 Å². The topological polar surface area (TPSA) is 40.5 Å². The van der Waals surface area contributed by atoms with Gasteiger partial charge in [-0.05, 0) is 42.9 Å². The van der Waals surface area contributed by atoms with E-state index in [0.29, 0.717) is 5.92 Å². The van der Waals surface area contributed by atoms with Gasteiger partial charge < -0.3 is 5.11 Å². The molecule has 1 N–H and O–H groups in total. The fourth-order valence-corrected chi connectivity index (χ4v) is 3.12. The Balaban J connectivity index is 2.02. The van der Waals surface area contributed by atoms with Crippen LogP contribution in [0.25, 0.3) is 0 Å². The smallest absolute Gasteiger partial charge is 0.320 e. The van der Waals surface area contributed by atoms with E-state index in [2.05, 4.69) is 43.0 Å². The standard InChI is InChI=1S/C18H27NO2/c1-14(2)12-15-7-9-16(10-8-15)13-19-11-5-3-4-6-17(19)18(20)21/h7-10,14,17H,3-6,11-13H2,1-2H3,(H,20,21). The number of likely N-dealkylation sites (tertiary alicyclic amines) is 1. The van der Waals surface area contributed by atoms with Gasteiger partial charge in [-0.25, -0.2) is 0 Å². The number of hydrogen-bond donors (Lipinski definition) is 1. The molecule has 116 valence electrons. The van der Waals surface area contributed by atoms with E-state index in [0.717, 1.165) is 45.2 Å². The molecule has 3 heteroatoms. The molecule has 21 heavy (non-hydrogen) atoms. The number of nitrogens with zero attached hydrogens (tertiary/aromatic N) is 1. The normalized spacial score (nSPS) is 20.4. The molecule has 0 bridgehead atoms. The number of carboxylic acid groups (broad SMARTS) is 1. The van der Waals surface area contributed by atoms with Crippen LogP contribution in [0.15, 0.2) is 24.3 Å². The highest BCUT2D eigenvalue weighted by molar-refractivity contribution is 5.73. The van der Waals surface area contributed by atoms with Gasteiger partial charge in [0.05, 0.1) is 0 Å². The Kier molecular flexibility index (Phi) is 5.80. The zero-order chi connectivity index (χ0) is 15.2. The first-order chi connectivity index (χ1) is 10.1. The van der Waals surface area contributed by atoms with Crippen molar-refractivity contribution in [2.45, 2.75) is 58.5 Å². The molecular formula is C18H27NO2. The van der Waals surface area contributed by atoms with Crippen LogP contribution in [0.2, 0.25) is 0 Å². The Morgan fingerprint density at radius 2 is 1.86 bits per heavy atom. The van der Waals surface area contributed by atoms with Crippen LogP contribution >= 0.6 is 0 Å². The summed E-state index contributed by atoms with van der Waals surface area (Å²) in [6.07, 6.45) is 5.16. The van der Waals surface area contributed by atoms with E-state index in [-0.39, 0.29) is 6.04 Å². The second-order valence-electron chi connectivity index (χ2n) is 6.59. The molecule has 3 nitrogen and oxygen atoms in total. The minimum atomic E-state index is -0.673. The van der Waals surface area contributed by atoms with E-state index in [9.17, 15) is 9.90 Å². The first-order valence-electron chi connectivity index (χ1n) is 8.11. The molecule has 1 aromatic carbocycles. The Hall–Kier alpha value is -1.35. The van der Waals surface area contributed by atoms with Crippen molar-refractivity contribution in [3.05, 3.63) is 35.4 Å². The summed E-state index contributed by atoms with van der Waals surface area (Å²) < 4.78 is 0. The van der Waals surface area contributed by atoms with Gasteiger partial charge in [-0.15, -0.1) is 0 Å². The third kappa shape index (κ3) is 4.85. The fourth-order valence-electron chi connectivity index (χ4n) is 3.12. The fraction of sp³-hybridized carbons (Fsp3) is 0.611. The molecule has 2 rings (SSSR count). The van der Waals surface area contributed by atoms with Crippen LogP contribution in [0.1, 0.15) is 50.7 Å². The predicted molar refractivity (Wildman–Crippen MR) is 85.3 cm³/mol. The van der Waals surface area contributed by atoms with Crippen molar-refractivity contribution in [2.24, 2.45) is 5.92 Å². The maximum absolute atomic E-state index is 11.4. The van der Waals surface area contributed by atoms with Crippen molar-refractivity contribution < 1.29 is 9.90 Å². The number of hydrogen-bond acceptors (Lipinski definition) is 2. The van der Waals surface area contributed by atoms with Gasteiger partial charge in [0.15, 0.2) is 0 Å². The largest absolute Gasteiger partial charge is 0.480 e. The average Bonchev–Trinajstić information content (AvgIpc) is 2.66. The summed E-state index contributed by atoms with van der Waals surface area (Å²) in [5, 5.41) is 9.41. The second-order valence-corrected chi connectivity index (χ2v) is 6.59. The lowest BCUT2D eigenvalue weighted by atomic mass is 10.0. The molecule has 1 aromatic rings. The van der Waals surface area contributed by atoms with Crippen molar-refractivity contribution in [2.75, 3.05) is 6.54 Å². The number of carboxylic acids is 1. The average molecular weight is 289 g/mol. The molecule has 1 atom stereocenters. The quantitative estimate of drug-likeness (QED) is 0.898. The maximum Gasteiger partial charge on any atom is 0.320 e. The highest BCUT2D eigenvalue weighted by Crippen LogP contribution is 2.20. The monoisotopic (exact) mass is 289 g/mol. The van der Waals surface area contributed by atoms with Crippen LogP contribution in [0.3, 0.4) is 0 Å². The van der Waals surface area contributed by atoms with Crippen molar-refractivity contribution in [1.82, 2.24) is 4.90 Å². The van der Waals surface area contributed by atoms with Crippen LogP contribution in [-0.2, 0) is 17.8 Å². The van der Waals surface area contributed by atoms with Crippen molar-refractivity contribution >= 4 is 5.97 Å². The lowest BCUT2D eigenvalue weighted by Crippen LogP contribution is -2.40. The number of aliphatic carboxylic acids is 1.